The van der Waals surface area contributed by atoms with Gasteiger partial charge in [-0.25, -0.2) is 4.39 Å². The van der Waals surface area contributed by atoms with Crippen molar-refractivity contribution in [2.24, 2.45) is 5.73 Å². The average molecular weight is 251 g/mol. The van der Waals surface area contributed by atoms with Crippen molar-refractivity contribution in [2.75, 3.05) is 25.4 Å². The first-order chi connectivity index (χ1) is 8.58. The number of benzene rings is 1. The first-order valence-corrected chi connectivity index (χ1v) is 6.12. The normalized spacial score (nSPS) is 17.8. The molecule has 4 nitrogen and oxygen atoms in total. The van der Waals surface area contributed by atoms with Crippen molar-refractivity contribution in [3.05, 3.63) is 29.6 Å². The van der Waals surface area contributed by atoms with Gasteiger partial charge in [0.05, 0.1) is 6.54 Å². The van der Waals surface area contributed by atoms with Crippen LogP contribution < -0.4 is 11.5 Å². The monoisotopic (exact) mass is 251 g/mol. The minimum Gasteiger partial charge on any atom is -0.398 e. The predicted octanol–water partition coefficient (Wildman–Crippen LogP) is 1.07. The summed E-state index contributed by atoms with van der Waals surface area (Å²) in [5, 5.41) is 0. The quantitative estimate of drug-likeness (QED) is 0.789. The van der Waals surface area contributed by atoms with Crippen LogP contribution in [0, 0.1) is 5.82 Å². The predicted molar refractivity (Wildman–Crippen MR) is 68.4 cm³/mol. The highest BCUT2D eigenvalue weighted by atomic mass is 19.1. The van der Waals surface area contributed by atoms with Gasteiger partial charge in [0, 0.05) is 11.3 Å². The molecule has 1 aliphatic rings. The van der Waals surface area contributed by atoms with Crippen LogP contribution in [0.15, 0.2) is 18.2 Å². The Hall–Kier alpha value is -1.62. The number of hydrogen-bond donors (Lipinski definition) is 2. The van der Waals surface area contributed by atoms with E-state index in [0.29, 0.717) is 11.3 Å². The topological polar surface area (TPSA) is 72.4 Å². The molecular weight excluding hydrogens is 233 g/mol. The van der Waals surface area contributed by atoms with Crippen LogP contribution in [0.1, 0.15) is 24.3 Å². The van der Waals surface area contributed by atoms with Gasteiger partial charge in [0.1, 0.15) is 5.82 Å². The molecule has 0 atom stereocenters. The van der Waals surface area contributed by atoms with Gasteiger partial charge >= 0.3 is 0 Å². The molecule has 1 aliphatic heterocycles. The summed E-state index contributed by atoms with van der Waals surface area (Å²) < 4.78 is 13.8. The lowest BCUT2D eigenvalue weighted by Gasteiger charge is -2.31. The zero-order valence-electron chi connectivity index (χ0n) is 10.2. The fourth-order valence-corrected chi connectivity index (χ4v) is 2.58. The first-order valence-electron chi connectivity index (χ1n) is 6.12. The summed E-state index contributed by atoms with van der Waals surface area (Å²) in [5.74, 6) is -0.419. The molecule has 0 spiro atoms. The molecule has 2 rings (SSSR count). The minimum absolute atomic E-state index is 0.135. The van der Waals surface area contributed by atoms with Crippen LogP contribution in [-0.4, -0.2) is 30.4 Å². The Balaban J connectivity index is 2.03. The molecule has 0 saturated carbocycles. The molecule has 0 aliphatic carbocycles. The lowest BCUT2D eigenvalue weighted by Crippen LogP contribution is -2.39. The summed E-state index contributed by atoms with van der Waals surface area (Å²) in [6.45, 7) is 1.78. The summed E-state index contributed by atoms with van der Waals surface area (Å²) in [6.07, 6.45) is 1.61. The lowest BCUT2D eigenvalue weighted by atomic mass is 9.88. The molecule has 4 N–H and O–H groups in total. The maximum absolute atomic E-state index is 13.8. The molecule has 1 heterocycles. The minimum atomic E-state index is -0.321. The van der Waals surface area contributed by atoms with Crippen molar-refractivity contribution in [1.29, 1.82) is 0 Å². The zero-order valence-corrected chi connectivity index (χ0v) is 10.2. The molecule has 0 radical (unpaired) electrons. The van der Waals surface area contributed by atoms with Crippen molar-refractivity contribution in [3.63, 3.8) is 0 Å². The van der Waals surface area contributed by atoms with Crippen molar-refractivity contribution in [3.8, 4) is 0 Å². The third-order valence-corrected chi connectivity index (χ3v) is 3.46. The fourth-order valence-electron chi connectivity index (χ4n) is 2.58. The second-order valence-corrected chi connectivity index (χ2v) is 4.76. The van der Waals surface area contributed by atoms with Crippen molar-refractivity contribution >= 4 is 11.6 Å². The third kappa shape index (κ3) is 2.79. The highest BCUT2D eigenvalue weighted by molar-refractivity contribution is 5.75. The summed E-state index contributed by atoms with van der Waals surface area (Å²) >= 11 is 0. The second kappa shape index (κ2) is 5.35. The van der Waals surface area contributed by atoms with E-state index < -0.39 is 0 Å². The number of piperidine rings is 1. The number of amides is 1. The van der Waals surface area contributed by atoms with E-state index in [4.69, 9.17) is 11.5 Å². The molecule has 0 unspecified atom stereocenters. The number of primary amides is 1. The number of nitrogens with zero attached hydrogens (tertiary/aromatic N) is 1. The first kappa shape index (κ1) is 12.8. The number of likely N-dealkylation sites (tertiary alicyclic amines) is 1. The maximum Gasteiger partial charge on any atom is 0.231 e. The number of halogens is 1. The lowest BCUT2D eigenvalue weighted by molar-refractivity contribution is -0.119. The van der Waals surface area contributed by atoms with Crippen molar-refractivity contribution < 1.29 is 9.18 Å². The van der Waals surface area contributed by atoms with Crippen LogP contribution in [0.25, 0.3) is 0 Å². The Kier molecular flexibility index (Phi) is 3.81. The van der Waals surface area contributed by atoms with Gasteiger partial charge in [-0.15, -0.1) is 0 Å². The Morgan fingerprint density at radius 3 is 2.61 bits per heavy atom. The van der Waals surface area contributed by atoms with Crippen LogP contribution >= 0.6 is 0 Å². The van der Waals surface area contributed by atoms with Crippen LogP contribution in [-0.2, 0) is 4.79 Å². The van der Waals surface area contributed by atoms with Gasteiger partial charge in [0.15, 0.2) is 0 Å². The Labute approximate surface area is 106 Å². The molecule has 1 aromatic carbocycles. The third-order valence-electron chi connectivity index (χ3n) is 3.46. The number of carbonyl (C=O) groups excluding carboxylic acids is 1. The number of carbonyl (C=O) groups is 1. The van der Waals surface area contributed by atoms with Gasteiger partial charge in [-0.05, 0) is 44.0 Å². The van der Waals surface area contributed by atoms with Crippen LogP contribution in [0.3, 0.4) is 0 Å². The van der Waals surface area contributed by atoms with E-state index in [1.165, 1.54) is 6.07 Å². The standard InChI is InChI=1S/C13H18FN3O/c14-10-2-1-3-11(15)13(10)9-4-6-17(7-5-9)8-12(16)18/h1-3,9H,4-8,15H2,(H2,16,18). The smallest absolute Gasteiger partial charge is 0.231 e. The summed E-state index contributed by atoms with van der Waals surface area (Å²) in [7, 11) is 0. The van der Waals surface area contributed by atoms with Gasteiger partial charge in [-0.2, -0.15) is 0 Å². The van der Waals surface area contributed by atoms with E-state index in [2.05, 4.69) is 0 Å². The van der Waals surface area contributed by atoms with E-state index >= 15 is 0 Å². The highest BCUT2D eigenvalue weighted by Crippen LogP contribution is 2.33. The van der Waals surface area contributed by atoms with E-state index in [9.17, 15) is 9.18 Å². The fraction of sp³-hybridized carbons (Fsp3) is 0.462. The second-order valence-electron chi connectivity index (χ2n) is 4.76. The van der Waals surface area contributed by atoms with E-state index in [1.54, 1.807) is 12.1 Å². The average Bonchev–Trinajstić information content (AvgIpc) is 2.30. The van der Waals surface area contributed by atoms with Crippen molar-refractivity contribution in [2.45, 2.75) is 18.8 Å². The molecule has 1 aromatic rings. The SMILES string of the molecule is NC(=O)CN1CCC(c2c(N)cccc2F)CC1. The molecule has 5 heteroatoms. The summed E-state index contributed by atoms with van der Waals surface area (Å²) in [6, 6.07) is 4.80. The van der Waals surface area contributed by atoms with Gasteiger partial charge < -0.3 is 11.5 Å². The molecule has 0 bridgehead atoms. The van der Waals surface area contributed by atoms with Gasteiger partial charge in [0.25, 0.3) is 0 Å². The van der Waals surface area contributed by atoms with Gasteiger partial charge in [-0.1, -0.05) is 6.07 Å². The number of nitrogens with two attached hydrogens (primary N) is 2. The van der Waals surface area contributed by atoms with Crippen LogP contribution in [0.4, 0.5) is 10.1 Å². The van der Waals surface area contributed by atoms with E-state index in [-0.39, 0.29) is 24.2 Å². The van der Waals surface area contributed by atoms with Crippen LogP contribution in [0.2, 0.25) is 0 Å². The molecule has 98 valence electrons. The maximum atomic E-state index is 13.8. The number of nitrogen functional groups attached to an aromatic ring is 1. The molecule has 1 amide bonds. The molecule has 1 fully saturated rings. The summed E-state index contributed by atoms with van der Waals surface area (Å²) in [4.78, 5) is 12.8. The Morgan fingerprint density at radius 1 is 1.39 bits per heavy atom. The Morgan fingerprint density at radius 2 is 2.06 bits per heavy atom. The number of hydrogen-bond acceptors (Lipinski definition) is 3. The van der Waals surface area contributed by atoms with E-state index in [0.717, 1.165) is 25.9 Å². The number of anilines is 1. The van der Waals surface area contributed by atoms with Crippen molar-refractivity contribution in [1.82, 2.24) is 4.90 Å². The summed E-state index contributed by atoms with van der Waals surface area (Å²) in [5.41, 5.74) is 12.1. The van der Waals surface area contributed by atoms with Gasteiger partial charge in [0.2, 0.25) is 5.91 Å². The highest BCUT2D eigenvalue weighted by Gasteiger charge is 2.24. The largest absolute Gasteiger partial charge is 0.398 e. The van der Waals surface area contributed by atoms with Crippen LogP contribution in [0.5, 0.6) is 0 Å². The molecular formula is C13H18FN3O. The number of rotatable bonds is 3. The zero-order chi connectivity index (χ0) is 13.1. The molecule has 0 aromatic heterocycles. The Bertz CT molecular complexity index is 422. The molecule has 1 saturated heterocycles. The molecule has 18 heavy (non-hydrogen) atoms. The van der Waals surface area contributed by atoms with Gasteiger partial charge in [-0.3, -0.25) is 9.69 Å². The van der Waals surface area contributed by atoms with E-state index in [1.807, 2.05) is 4.90 Å².